The second-order valence-electron chi connectivity index (χ2n) is 5.20. The molecule has 0 fully saturated rings. The smallest absolute Gasteiger partial charge is 0.274 e. The van der Waals surface area contributed by atoms with E-state index in [0.717, 1.165) is 5.56 Å². The van der Waals surface area contributed by atoms with Gasteiger partial charge in [-0.2, -0.15) is 5.10 Å². The third-order valence-corrected chi connectivity index (χ3v) is 3.58. The molecule has 1 aromatic carbocycles. The minimum Gasteiger partial charge on any atom is -0.336 e. The maximum atomic E-state index is 12.4. The van der Waals surface area contributed by atoms with E-state index in [0.29, 0.717) is 13.1 Å². The summed E-state index contributed by atoms with van der Waals surface area (Å²) in [6.45, 7) is 2.56. The van der Waals surface area contributed by atoms with Crippen LogP contribution in [0.4, 0.5) is 0 Å². The number of likely N-dealkylation sites (N-methyl/N-ethyl adjacent to an activating group) is 1. The fourth-order valence-electron chi connectivity index (χ4n) is 1.97. The highest BCUT2D eigenvalue weighted by Crippen LogP contribution is 2.04. The molecular weight excluding hydrogens is 280 g/mol. The first-order valence-electron chi connectivity index (χ1n) is 7.12. The van der Waals surface area contributed by atoms with Crippen LogP contribution in [0.25, 0.3) is 0 Å². The van der Waals surface area contributed by atoms with Gasteiger partial charge >= 0.3 is 0 Å². The first-order valence-corrected chi connectivity index (χ1v) is 7.12. The Hall–Kier alpha value is -2.47. The van der Waals surface area contributed by atoms with Crippen molar-refractivity contribution in [1.29, 1.82) is 0 Å². The normalized spacial score (nSPS) is 12.0. The van der Waals surface area contributed by atoms with Crippen LogP contribution in [-0.4, -0.2) is 40.2 Å². The second kappa shape index (κ2) is 7.00. The average molecular weight is 300 g/mol. The Labute approximate surface area is 129 Å². The highest BCUT2D eigenvalue weighted by molar-refractivity contribution is 5.92. The quantitative estimate of drug-likeness (QED) is 0.882. The van der Waals surface area contributed by atoms with Crippen LogP contribution in [0.1, 0.15) is 23.0 Å². The first-order chi connectivity index (χ1) is 10.5. The zero-order valence-electron chi connectivity index (χ0n) is 12.8. The molecule has 1 amide bonds. The van der Waals surface area contributed by atoms with Gasteiger partial charge in [-0.1, -0.05) is 30.3 Å². The van der Waals surface area contributed by atoms with Gasteiger partial charge in [-0.25, -0.2) is 4.68 Å². The molecule has 0 saturated heterocycles. The number of benzene rings is 1. The van der Waals surface area contributed by atoms with E-state index >= 15 is 0 Å². The van der Waals surface area contributed by atoms with Crippen LogP contribution in [0.15, 0.2) is 47.3 Å². The Bertz CT molecular complexity index is 697. The summed E-state index contributed by atoms with van der Waals surface area (Å²) >= 11 is 0. The molecule has 1 atom stereocenters. The van der Waals surface area contributed by atoms with Gasteiger partial charge in [0, 0.05) is 25.7 Å². The molecule has 1 unspecified atom stereocenters. The number of aromatic nitrogens is 2. The number of rotatable bonds is 5. The van der Waals surface area contributed by atoms with Gasteiger partial charge in [0.25, 0.3) is 11.5 Å². The number of hydrogen-bond donors (Lipinski definition) is 1. The van der Waals surface area contributed by atoms with E-state index in [1.807, 2.05) is 37.3 Å². The molecule has 2 N–H and O–H groups in total. The molecule has 6 nitrogen and oxygen atoms in total. The van der Waals surface area contributed by atoms with Gasteiger partial charge in [0.1, 0.15) is 5.69 Å². The van der Waals surface area contributed by atoms with Gasteiger partial charge < -0.3 is 10.6 Å². The minimum atomic E-state index is -0.250. The number of nitrogens with two attached hydrogens (primary N) is 1. The Morgan fingerprint density at radius 3 is 2.59 bits per heavy atom. The first kappa shape index (κ1) is 15.9. The molecule has 0 aliphatic rings. The van der Waals surface area contributed by atoms with Crippen molar-refractivity contribution in [3.63, 3.8) is 0 Å². The van der Waals surface area contributed by atoms with Crippen LogP contribution in [0, 0.1) is 0 Å². The summed E-state index contributed by atoms with van der Waals surface area (Å²) in [5, 5.41) is 4.18. The van der Waals surface area contributed by atoms with Crippen LogP contribution < -0.4 is 11.3 Å². The van der Waals surface area contributed by atoms with Crippen LogP contribution in [0.3, 0.4) is 0 Å². The molecule has 0 aliphatic heterocycles. The van der Waals surface area contributed by atoms with Gasteiger partial charge in [-0.05, 0) is 18.6 Å². The van der Waals surface area contributed by atoms with Crippen molar-refractivity contribution in [2.24, 2.45) is 5.73 Å². The molecule has 1 heterocycles. The van der Waals surface area contributed by atoms with Crippen molar-refractivity contribution in [3.8, 4) is 0 Å². The molecule has 22 heavy (non-hydrogen) atoms. The lowest BCUT2D eigenvalue weighted by Gasteiger charge is -2.23. The molecule has 0 aliphatic carbocycles. The van der Waals surface area contributed by atoms with Gasteiger partial charge in [0.15, 0.2) is 0 Å². The lowest BCUT2D eigenvalue weighted by molar-refractivity contribution is 0.0739. The van der Waals surface area contributed by atoms with Gasteiger partial charge in [0.2, 0.25) is 0 Å². The highest BCUT2D eigenvalue weighted by atomic mass is 16.2. The summed E-state index contributed by atoms with van der Waals surface area (Å²) in [7, 11) is 1.67. The number of amides is 1. The maximum Gasteiger partial charge on any atom is 0.274 e. The lowest BCUT2D eigenvalue weighted by atomic mass is 10.2. The summed E-state index contributed by atoms with van der Waals surface area (Å²) in [5.74, 6) is -0.250. The standard InChI is InChI=1S/C16H20N4O2/c1-12(10-17)19(2)16(22)14-8-9-15(21)20(18-14)11-13-6-4-3-5-7-13/h3-9,12H,10-11,17H2,1-2H3. The zero-order valence-corrected chi connectivity index (χ0v) is 12.8. The van der Waals surface area contributed by atoms with Crippen molar-refractivity contribution in [1.82, 2.24) is 14.7 Å². The summed E-state index contributed by atoms with van der Waals surface area (Å²) in [4.78, 5) is 25.8. The molecule has 116 valence electrons. The number of carbonyl (C=O) groups is 1. The molecule has 2 rings (SSSR count). The monoisotopic (exact) mass is 300 g/mol. The molecule has 0 saturated carbocycles. The van der Waals surface area contributed by atoms with Crippen molar-refractivity contribution < 1.29 is 4.79 Å². The molecule has 6 heteroatoms. The molecule has 0 spiro atoms. The van der Waals surface area contributed by atoms with Crippen LogP contribution in [-0.2, 0) is 6.54 Å². The van der Waals surface area contributed by atoms with Crippen molar-refractivity contribution in [2.75, 3.05) is 13.6 Å². The van der Waals surface area contributed by atoms with Crippen molar-refractivity contribution in [2.45, 2.75) is 19.5 Å². The van der Waals surface area contributed by atoms with Crippen LogP contribution in [0.2, 0.25) is 0 Å². The van der Waals surface area contributed by atoms with Crippen LogP contribution in [0.5, 0.6) is 0 Å². The van der Waals surface area contributed by atoms with E-state index in [1.165, 1.54) is 21.7 Å². The minimum absolute atomic E-state index is 0.0937. The van der Waals surface area contributed by atoms with E-state index in [9.17, 15) is 9.59 Å². The molecule has 2 aromatic rings. The predicted molar refractivity (Wildman–Crippen MR) is 84.7 cm³/mol. The summed E-state index contributed by atoms with van der Waals surface area (Å²) < 4.78 is 1.30. The average Bonchev–Trinajstić information content (AvgIpc) is 2.55. The number of hydrogen-bond acceptors (Lipinski definition) is 4. The van der Waals surface area contributed by atoms with Crippen molar-refractivity contribution >= 4 is 5.91 Å². The Morgan fingerprint density at radius 1 is 1.27 bits per heavy atom. The van der Waals surface area contributed by atoms with Gasteiger partial charge in [-0.3, -0.25) is 9.59 Å². The highest BCUT2D eigenvalue weighted by Gasteiger charge is 2.18. The SMILES string of the molecule is CC(CN)N(C)C(=O)c1ccc(=O)n(Cc2ccccc2)n1. The maximum absolute atomic E-state index is 12.4. The molecular formula is C16H20N4O2. The molecule has 1 aromatic heterocycles. The molecule has 0 radical (unpaired) electrons. The van der Waals surface area contributed by atoms with E-state index in [1.54, 1.807) is 7.05 Å². The number of carbonyl (C=O) groups excluding carboxylic acids is 1. The third kappa shape index (κ3) is 3.59. The fourth-order valence-corrected chi connectivity index (χ4v) is 1.97. The van der Waals surface area contributed by atoms with E-state index in [2.05, 4.69) is 5.10 Å². The Balaban J connectivity index is 2.27. The summed E-state index contributed by atoms with van der Waals surface area (Å²) in [6.07, 6.45) is 0. The van der Waals surface area contributed by atoms with E-state index in [-0.39, 0.29) is 23.2 Å². The number of nitrogens with zero attached hydrogens (tertiary/aromatic N) is 3. The third-order valence-electron chi connectivity index (χ3n) is 3.58. The Morgan fingerprint density at radius 2 is 1.95 bits per heavy atom. The van der Waals surface area contributed by atoms with Gasteiger partial charge in [-0.15, -0.1) is 0 Å². The topological polar surface area (TPSA) is 81.2 Å². The summed E-state index contributed by atoms with van der Waals surface area (Å²) in [6, 6.07) is 12.2. The second-order valence-corrected chi connectivity index (χ2v) is 5.20. The predicted octanol–water partition coefficient (Wildman–Crippen LogP) is 0.711. The van der Waals surface area contributed by atoms with E-state index < -0.39 is 0 Å². The van der Waals surface area contributed by atoms with Crippen molar-refractivity contribution in [3.05, 3.63) is 64.1 Å². The summed E-state index contributed by atoms with van der Waals surface area (Å²) in [5.41, 5.74) is 6.52. The van der Waals surface area contributed by atoms with Crippen LogP contribution >= 0.6 is 0 Å². The van der Waals surface area contributed by atoms with Gasteiger partial charge in [0.05, 0.1) is 6.54 Å². The largest absolute Gasteiger partial charge is 0.336 e. The molecule has 0 bridgehead atoms. The lowest BCUT2D eigenvalue weighted by Crippen LogP contribution is -2.40. The van der Waals surface area contributed by atoms with E-state index in [4.69, 9.17) is 5.73 Å². The Kier molecular flexibility index (Phi) is 5.06. The zero-order chi connectivity index (χ0) is 16.1. The fraction of sp³-hybridized carbons (Fsp3) is 0.312.